The van der Waals surface area contributed by atoms with Crippen LogP contribution < -0.4 is 4.74 Å². The molecule has 1 aliphatic rings. The van der Waals surface area contributed by atoms with Gasteiger partial charge in [-0.15, -0.1) is 0 Å². The molecule has 1 aromatic carbocycles. The van der Waals surface area contributed by atoms with Crippen molar-refractivity contribution in [2.24, 2.45) is 11.8 Å². The van der Waals surface area contributed by atoms with Crippen LogP contribution in [0.3, 0.4) is 0 Å². The summed E-state index contributed by atoms with van der Waals surface area (Å²) in [5, 5.41) is 9.71. The lowest BCUT2D eigenvalue weighted by Gasteiger charge is -2.40. The Morgan fingerprint density at radius 2 is 2.08 bits per heavy atom. The van der Waals surface area contributed by atoms with Crippen LogP contribution in [0.2, 0.25) is 0 Å². The van der Waals surface area contributed by atoms with Gasteiger partial charge in [0, 0.05) is 12.5 Å². The van der Waals surface area contributed by atoms with Gasteiger partial charge in [-0.05, 0) is 57.2 Å². The lowest BCUT2D eigenvalue weighted by atomic mass is 9.71. The van der Waals surface area contributed by atoms with Gasteiger partial charge in [-0.3, -0.25) is 4.79 Å². The molecule has 136 valence electrons. The molecule has 0 aromatic heterocycles. The van der Waals surface area contributed by atoms with Gasteiger partial charge < -0.3 is 14.2 Å². The number of hydrogen-bond acceptors (Lipinski definition) is 5. The topological polar surface area (TPSA) is 68.6 Å². The molecule has 0 aliphatic carbocycles. The van der Waals surface area contributed by atoms with Crippen LogP contribution in [-0.4, -0.2) is 31.9 Å². The first kappa shape index (κ1) is 19.3. The maximum absolute atomic E-state index is 12.4. The molecule has 1 aliphatic heterocycles. The van der Waals surface area contributed by atoms with Gasteiger partial charge in [0.15, 0.2) is 5.92 Å². The number of hydrogen-bond donors (Lipinski definition) is 0. The quantitative estimate of drug-likeness (QED) is 0.736. The second-order valence-corrected chi connectivity index (χ2v) is 7.02. The Morgan fingerprint density at radius 1 is 1.40 bits per heavy atom. The Morgan fingerprint density at radius 3 is 2.60 bits per heavy atom. The summed E-state index contributed by atoms with van der Waals surface area (Å²) in [5.41, 5.74) is 0.700. The first-order chi connectivity index (χ1) is 11.9. The van der Waals surface area contributed by atoms with E-state index in [9.17, 15) is 10.1 Å². The number of carbonyl (C=O) groups is 1. The van der Waals surface area contributed by atoms with Gasteiger partial charge in [0.2, 0.25) is 0 Å². The fourth-order valence-electron chi connectivity index (χ4n) is 3.66. The van der Waals surface area contributed by atoms with Crippen molar-refractivity contribution in [3.8, 4) is 11.8 Å². The van der Waals surface area contributed by atoms with Crippen LogP contribution in [-0.2, 0) is 14.3 Å². The van der Waals surface area contributed by atoms with E-state index in [1.165, 1.54) is 0 Å². The lowest BCUT2D eigenvalue weighted by molar-refractivity contribution is -0.148. The van der Waals surface area contributed by atoms with Crippen molar-refractivity contribution in [2.45, 2.75) is 45.1 Å². The summed E-state index contributed by atoms with van der Waals surface area (Å²) in [6.45, 7) is 6.76. The highest BCUT2D eigenvalue weighted by Crippen LogP contribution is 2.42. The van der Waals surface area contributed by atoms with E-state index in [4.69, 9.17) is 14.2 Å². The van der Waals surface area contributed by atoms with E-state index in [0.29, 0.717) is 6.61 Å². The Hall–Kier alpha value is -2.06. The van der Waals surface area contributed by atoms with Crippen LogP contribution in [0.25, 0.3) is 0 Å². The molecule has 1 fully saturated rings. The molecule has 5 heteroatoms. The van der Waals surface area contributed by atoms with Crippen LogP contribution in [0.5, 0.6) is 5.75 Å². The monoisotopic (exact) mass is 345 g/mol. The van der Waals surface area contributed by atoms with Crippen molar-refractivity contribution in [3.63, 3.8) is 0 Å². The zero-order valence-electron chi connectivity index (χ0n) is 15.5. The van der Waals surface area contributed by atoms with Crippen molar-refractivity contribution in [3.05, 3.63) is 29.8 Å². The van der Waals surface area contributed by atoms with Crippen LogP contribution in [0.15, 0.2) is 24.3 Å². The molecule has 1 saturated heterocycles. The molecule has 3 atom stereocenters. The summed E-state index contributed by atoms with van der Waals surface area (Å²) in [4.78, 5) is 12.4. The molecule has 0 saturated carbocycles. The molecule has 0 spiro atoms. The summed E-state index contributed by atoms with van der Waals surface area (Å²) in [6, 6.07) is 9.81. The van der Waals surface area contributed by atoms with E-state index in [1.54, 1.807) is 14.0 Å². The number of methoxy groups -OCH3 is 1. The Balaban J connectivity index is 2.39. The largest absolute Gasteiger partial charge is 0.497 e. The first-order valence-electron chi connectivity index (χ1n) is 8.76. The Labute approximate surface area is 149 Å². The lowest BCUT2D eigenvalue weighted by Crippen LogP contribution is -2.39. The van der Waals surface area contributed by atoms with Gasteiger partial charge in [0.1, 0.15) is 5.75 Å². The molecule has 25 heavy (non-hydrogen) atoms. The molecule has 0 bridgehead atoms. The van der Waals surface area contributed by atoms with Gasteiger partial charge in [-0.2, -0.15) is 5.26 Å². The van der Waals surface area contributed by atoms with E-state index in [0.717, 1.165) is 24.2 Å². The van der Waals surface area contributed by atoms with Gasteiger partial charge in [-0.1, -0.05) is 12.1 Å². The minimum Gasteiger partial charge on any atom is -0.497 e. The smallest absolute Gasteiger partial charge is 0.323 e. The molecule has 2 rings (SSSR count). The number of ether oxygens (including phenoxy) is 3. The van der Waals surface area contributed by atoms with Crippen LogP contribution in [0.1, 0.15) is 45.1 Å². The molecule has 1 aromatic rings. The third kappa shape index (κ3) is 4.73. The van der Waals surface area contributed by atoms with Crippen molar-refractivity contribution >= 4 is 5.97 Å². The van der Waals surface area contributed by atoms with Gasteiger partial charge in [-0.25, -0.2) is 0 Å². The summed E-state index contributed by atoms with van der Waals surface area (Å²) < 4.78 is 16.2. The van der Waals surface area contributed by atoms with Gasteiger partial charge in [0.25, 0.3) is 0 Å². The maximum Gasteiger partial charge on any atom is 0.323 e. The van der Waals surface area contributed by atoms with E-state index in [2.05, 4.69) is 19.9 Å². The third-order valence-electron chi connectivity index (χ3n) is 4.78. The fraction of sp³-hybridized carbons (Fsp3) is 0.600. The molecule has 5 nitrogen and oxygen atoms in total. The highest BCUT2D eigenvalue weighted by Gasteiger charge is 2.41. The zero-order chi connectivity index (χ0) is 18.4. The third-order valence-corrected chi connectivity index (χ3v) is 4.78. The number of rotatable bonds is 6. The predicted octanol–water partition coefficient (Wildman–Crippen LogP) is 3.69. The van der Waals surface area contributed by atoms with Gasteiger partial charge >= 0.3 is 5.97 Å². The van der Waals surface area contributed by atoms with Crippen molar-refractivity contribution in [1.29, 1.82) is 5.26 Å². The normalized spacial score (nSPS) is 21.6. The summed E-state index contributed by atoms with van der Waals surface area (Å²) >= 11 is 0. The zero-order valence-corrected chi connectivity index (χ0v) is 15.5. The van der Waals surface area contributed by atoms with Crippen molar-refractivity contribution in [2.75, 3.05) is 20.3 Å². The first-order valence-corrected chi connectivity index (χ1v) is 8.76. The van der Waals surface area contributed by atoms with E-state index >= 15 is 0 Å². The molecule has 0 amide bonds. The second-order valence-electron chi connectivity index (χ2n) is 7.02. The van der Waals surface area contributed by atoms with Crippen LogP contribution in [0.4, 0.5) is 0 Å². The van der Waals surface area contributed by atoms with Crippen LogP contribution in [0, 0.1) is 23.2 Å². The standard InChI is InChI=1S/C20H27NO4/c1-5-24-19(22)17(13-21)18(14-6-8-16(23-4)9-7-14)15-10-11-25-20(2,3)12-15/h6-9,15,17-18H,5,10-12H2,1-4H3/t15-,17+,18+/m1/s1. The molecule has 0 unspecified atom stereocenters. The SMILES string of the molecule is CCOC(=O)[C@@H](C#N)[C@@H](c1ccc(OC)cc1)[C@@H]1CCOC(C)(C)C1. The molecule has 0 N–H and O–H groups in total. The molecular weight excluding hydrogens is 318 g/mol. The number of esters is 1. The Kier molecular flexibility index (Phi) is 6.44. The Bertz CT molecular complexity index is 618. The van der Waals surface area contributed by atoms with E-state index in [1.807, 2.05) is 24.3 Å². The molecule has 1 heterocycles. The number of nitriles is 1. The predicted molar refractivity (Wildman–Crippen MR) is 94.2 cm³/mol. The summed E-state index contributed by atoms with van der Waals surface area (Å²) in [6.07, 6.45) is 1.61. The maximum atomic E-state index is 12.4. The number of benzene rings is 1. The van der Waals surface area contributed by atoms with Crippen molar-refractivity contribution < 1.29 is 19.0 Å². The minimum atomic E-state index is -0.827. The summed E-state index contributed by atoms with van der Waals surface area (Å²) in [7, 11) is 1.62. The van der Waals surface area contributed by atoms with E-state index in [-0.39, 0.29) is 24.0 Å². The highest BCUT2D eigenvalue weighted by molar-refractivity contribution is 5.76. The van der Waals surface area contributed by atoms with Gasteiger partial charge in [0.05, 0.1) is 25.4 Å². The average molecular weight is 345 g/mol. The molecule has 0 radical (unpaired) electrons. The fourth-order valence-corrected chi connectivity index (χ4v) is 3.66. The number of carbonyl (C=O) groups excluding carboxylic acids is 1. The highest BCUT2D eigenvalue weighted by atomic mass is 16.5. The second kappa shape index (κ2) is 8.35. The minimum absolute atomic E-state index is 0.172. The molecular formula is C20H27NO4. The number of nitrogens with zero attached hydrogens (tertiary/aromatic N) is 1. The summed E-state index contributed by atoms with van der Waals surface area (Å²) in [5.74, 6) is -0.578. The van der Waals surface area contributed by atoms with Crippen molar-refractivity contribution in [1.82, 2.24) is 0 Å². The average Bonchev–Trinajstić information content (AvgIpc) is 2.59. The van der Waals surface area contributed by atoms with Crippen LogP contribution >= 0.6 is 0 Å². The van der Waals surface area contributed by atoms with E-state index < -0.39 is 11.9 Å².